The van der Waals surface area contributed by atoms with Crippen molar-refractivity contribution in [2.45, 2.75) is 30.6 Å². The van der Waals surface area contributed by atoms with E-state index >= 15 is 0 Å². The van der Waals surface area contributed by atoms with Crippen LogP contribution in [0.4, 0.5) is 0 Å². The van der Waals surface area contributed by atoms with Crippen molar-refractivity contribution in [2.24, 2.45) is 5.92 Å². The van der Waals surface area contributed by atoms with Gasteiger partial charge < -0.3 is 24.6 Å². The number of carboxylic acid groups (broad SMARTS) is 1. The zero-order chi connectivity index (χ0) is 18.3. The average Bonchev–Trinajstić information content (AvgIpc) is 2.88. The fraction of sp³-hybridized carbons (Fsp3) is 0.500. The molecule has 0 unspecified atom stereocenters. The quantitative estimate of drug-likeness (QED) is 0.655. The number of aliphatic carboxylic acids is 1. The maximum atomic E-state index is 12.2. The molecule has 1 fully saturated rings. The van der Waals surface area contributed by atoms with Crippen LogP contribution in [0.1, 0.15) is 13.3 Å². The third-order valence-electron chi connectivity index (χ3n) is 4.04. The molecule has 1 amide bonds. The standard InChI is InChI=1S/C14H16N4O6S/c1-5(19)8-6-4-7(9(11(21)22)18(6)10(8)20)25-14-16-12(23-2)15-13(17-14)24-3/h5-6,8,19H,4H2,1-3H3,(H,21,22)/t5-,6+,8-/m0/s1. The summed E-state index contributed by atoms with van der Waals surface area (Å²) in [5, 5.41) is 19.4. The minimum absolute atomic E-state index is 0.0334. The van der Waals surface area contributed by atoms with E-state index < -0.39 is 18.0 Å². The van der Waals surface area contributed by atoms with Gasteiger partial charge in [0.05, 0.1) is 32.3 Å². The van der Waals surface area contributed by atoms with Gasteiger partial charge >= 0.3 is 18.0 Å². The van der Waals surface area contributed by atoms with Gasteiger partial charge in [-0.1, -0.05) is 11.8 Å². The summed E-state index contributed by atoms with van der Waals surface area (Å²) in [5.41, 5.74) is -0.102. The van der Waals surface area contributed by atoms with E-state index in [4.69, 9.17) is 9.47 Å². The molecule has 0 radical (unpaired) electrons. The zero-order valence-corrected chi connectivity index (χ0v) is 14.5. The molecular formula is C14H16N4O6S. The number of thioether (sulfide) groups is 1. The van der Waals surface area contributed by atoms with Crippen LogP contribution in [-0.2, 0) is 9.59 Å². The normalized spacial score (nSPS) is 23.2. The molecule has 10 nitrogen and oxygen atoms in total. The molecule has 2 aliphatic rings. The molecule has 0 saturated carbocycles. The van der Waals surface area contributed by atoms with Crippen molar-refractivity contribution in [3.63, 3.8) is 0 Å². The Morgan fingerprint density at radius 3 is 2.36 bits per heavy atom. The molecule has 1 aromatic rings. The summed E-state index contributed by atoms with van der Waals surface area (Å²) in [6.45, 7) is 1.52. The van der Waals surface area contributed by atoms with Gasteiger partial charge in [0, 0.05) is 11.3 Å². The number of aromatic nitrogens is 3. The summed E-state index contributed by atoms with van der Waals surface area (Å²) >= 11 is 1.01. The summed E-state index contributed by atoms with van der Waals surface area (Å²) < 4.78 is 9.94. The zero-order valence-electron chi connectivity index (χ0n) is 13.7. The number of carbonyl (C=O) groups excluding carboxylic acids is 1. The number of carboxylic acids is 1. The van der Waals surface area contributed by atoms with E-state index in [1.807, 2.05) is 0 Å². The van der Waals surface area contributed by atoms with Gasteiger partial charge in [-0.2, -0.15) is 9.97 Å². The molecule has 3 heterocycles. The molecule has 2 N–H and O–H groups in total. The average molecular weight is 368 g/mol. The highest BCUT2D eigenvalue weighted by Gasteiger charge is 2.56. The third kappa shape index (κ3) is 2.89. The van der Waals surface area contributed by atoms with E-state index in [-0.39, 0.29) is 34.8 Å². The van der Waals surface area contributed by atoms with Gasteiger partial charge in [0.2, 0.25) is 11.1 Å². The van der Waals surface area contributed by atoms with Crippen LogP contribution >= 0.6 is 11.8 Å². The second-order valence-corrected chi connectivity index (χ2v) is 6.58. The fourth-order valence-corrected chi connectivity index (χ4v) is 3.99. The van der Waals surface area contributed by atoms with Gasteiger partial charge in [0.25, 0.3) is 0 Å². The number of rotatable bonds is 6. The van der Waals surface area contributed by atoms with E-state index in [2.05, 4.69) is 15.0 Å². The van der Waals surface area contributed by atoms with Crippen molar-refractivity contribution in [3.8, 4) is 12.0 Å². The van der Waals surface area contributed by atoms with Crippen LogP contribution in [0.15, 0.2) is 15.8 Å². The van der Waals surface area contributed by atoms with Crippen LogP contribution in [0.2, 0.25) is 0 Å². The van der Waals surface area contributed by atoms with Crippen LogP contribution < -0.4 is 9.47 Å². The summed E-state index contributed by atoms with van der Waals surface area (Å²) in [6.07, 6.45) is -0.533. The predicted molar refractivity (Wildman–Crippen MR) is 83.9 cm³/mol. The number of hydrogen-bond donors (Lipinski definition) is 2. The van der Waals surface area contributed by atoms with Gasteiger partial charge in [-0.15, -0.1) is 4.98 Å². The summed E-state index contributed by atoms with van der Waals surface area (Å²) in [6, 6.07) is -0.302. The monoisotopic (exact) mass is 368 g/mol. The molecule has 25 heavy (non-hydrogen) atoms. The molecule has 3 atom stereocenters. The first-order valence-electron chi connectivity index (χ1n) is 7.36. The van der Waals surface area contributed by atoms with Crippen LogP contribution in [-0.4, -0.2) is 68.3 Å². The van der Waals surface area contributed by atoms with Crippen LogP contribution in [0, 0.1) is 5.92 Å². The number of amides is 1. The Hall–Kier alpha value is -2.40. The van der Waals surface area contributed by atoms with Gasteiger partial charge in [-0.3, -0.25) is 4.79 Å². The van der Waals surface area contributed by atoms with Crippen LogP contribution in [0.25, 0.3) is 0 Å². The highest BCUT2D eigenvalue weighted by Crippen LogP contribution is 2.48. The molecule has 0 spiro atoms. The summed E-state index contributed by atoms with van der Waals surface area (Å²) in [7, 11) is 2.77. The minimum atomic E-state index is -1.21. The Bertz CT molecular complexity index is 745. The summed E-state index contributed by atoms with van der Waals surface area (Å²) in [4.78, 5) is 37.5. The fourth-order valence-electron chi connectivity index (χ4n) is 2.98. The van der Waals surface area contributed by atoms with Crippen molar-refractivity contribution in [3.05, 3.63) is 10.6 Å². The summed E-state index contributed by atoms with van der Waals surface area (Å²) in [5.74, 6) is -2.20. The van der Waals surface area contributed by atoms with Crippen molar-refractivity contribution < 1.29 is 29.3 Å². The lowest BCUT2D eigenvalue weighted by Gasteiger charge is -2.44. The van der Waals surface area contributed by atoms with Crippen molar-refractivity contribution in [2.75, 3.05) is 14.2 Å². The highest BCUT2D eigenvalue weighted by atomic mass is 32.2. The highest BCUT2D eigenvalue weighted by molar-refractivity contribution is 8.03. The number of carbonyl (C=O) groups is 2. The SMILES string of the molecule is COc1nc(OC)nc(SC2=C(C(=O)O)N3C(=O)[C@@H]([C@H](C)O)[C@H]3C2)n1. The third-order valence-corrected chi connectivity index (χ3v) is 5.02. The van der Waals surface area contributed by atoms with Crippen LogP contribution in [0.5, 0.6) is 12.0 Å². The number of hydrogen-bond acceptors (Lipinski definition) is 9. The largest absolute Gasteiger partial charge is 0.477 e. The lowest BCUT2D eigenvalue weighted by molar-refractivity contribution is -0.161. The van der Waals surface area contributed by atoms with Gasteiger partial charge in [0.15, 0.2) is 0 Å². The molecule has 0 aliphatic carbocycles. The molecule has 2 aliphatic heterocycles. The number of ether oxygens (including phenoxy) is 2. The molecule has 3 rings (SSSR count). The van der Waals surface area contributed by atoms with Gasteiger partial charge in [-0.05, 0) is 6.92 Å². The topological polar surface area (TPSA) is 135 Å². The van der Waals surface area contributed by atoms with E-state index in [0.717, 1.165) is 11.8 Å². The Kier molecular flexibility index (Phi) is 4.52. The number of aliphatic hydroxyl groups is 1. The minimum Gasteiger partial charge on any atom is -0.477 e. The second-order valence-electron chi connectivity index (χ2n) is 5.52. The lowest BCUT2D eigenvalue weighted by atomic mass is 9.83. The Morgan fingerprint density at radius 1 is 1.28 bits per heavy atom. The predicted octanol–water partition coefficient (Wildman–Crippen LogP) is -0.111. The van der Waals surface area contributed by atoms with Crippen molar-refractivity contribution in [1.82, 2.24) is 19.9 Å². The number of aliphatic hydroxyl groups excluding tert-OH is 1. The Morgan fingerprint density at radius 2 is 1.88 bits per heavy atom. The van der Waals surface area contributed by atoms with Gasteiger partial charge in [-0.25, -0.2) is 4.79 Å². The maximum absolute atomic E-state index is 12.2. The van der Waals surface area contributed by atoms with E-state index in [1.54, 1.807) is 0 Å². The molecular weight excluding hydrogens is 352 g/mol. The second kappa shape index (κ2) is 6.48. The number of fused-ring (bicyclic) bond motifs is 1. The number of β-lactam (4-membered cyclic amide) rings is 1. The van der Waals surface area contributed by atoms with Crippen molar-refractivity contribution in [1.29, 1.82) is 0 Å². The first kappa shape index (κ1) is 17.4. The number of nitrogens with zero attached hydrogens (tertiary/aromatic N) is 4. The lowest BCUT2D eigenvalue weighted by Crippen LogP contribution is -2.61. The van der Waals surface area contributed by atoms with Crippen molar-refractivity contribution >= 4 is 23.6 Å². The number of methoxy groups -OCH3 is 2. The van der Waals surface area contributed by atoms with Crippen LogP contribution in [0.3, 0.4) is 0 Å². The van der Waals surface area contributed by atoms with Gasteiger partial charge in [0.1, 0.15) is 5.70 Å². The Labute approximate surface area is 146 Å². The maximum Gasteiger partial charge on any atom is 0.353 e. The molecule has 1 saturated heterocycles. The molecule has 0 bridgehead atoms. The van der Waals surface area contributed by atoms with E-state index in [9.17, 15) is 19.8 Å². The first-order chi connectivity index (χ1) is 11.9. The molecule has 134 valence electrons. The molecule has 11 heteroatoms. The molecule has 1 aromatic heterocycles. The van der Waals surface area contributed by atoms with E-state index in [1.165, 1.54) is 26.0 Å². The first-order valence-corrected chi connectivity index (χ1v) is 8.18. The smallest absolute Gasteiger partial charge is 0.353 e. The Balaban J connectivity index is 1.92. The molecule has 0 aromatic carbocycles. The van der Waals surface area contributed by atoms with E-state index in [0.29, 0.717) is 11.3 Å².